The highest BCUT2D eigenvalue weighted by atomic mass is 79.9. The molecule has 0 aliphatic heterocycles. The van der Waals surface area contributed by atoms with Gasteiger partial charge in [0.1, 0.15) is 0 Å². The number of carbonyl (C=O) groups excluding carboxylic acids is 1. The van der Waals surface area contributed by atoms with Gasteiger partial charge in [-0.1, -0.05) is 11.6 Å². The summed E-state index contributed by atoms with van der Waals surface area (Å²) in [5.41, 5.74) is 0.954. The van der Waals surface area contributed by atoms with Gasteiger partial charge in [0.2, 0.25) is 0 Å². The number of halogens is 2. The summed E-state index contributed by atoms with van der Waals surface area (Å²) in [5.74, 6) is -1.37. The lowest BCUT2D eigenvalue weighted by Crippen LogP contribution is -2.11. The number of anilines is 1. The third kappa shape index (κ3) is 3.34. The Morgan fingerprint density at radius 3 is 2.53 bits per heavy atom. The molecule has 1 amide bonds. The lowest BCUT2D eigenvalue weighted by Gasteiger charge is -2.06. The van der Waals surface area contributed by atoms with E-state index in [4.69, 9.17) is 16.7 Å². The molecule has 0 radical (unpaired) electrons. The number of thiophene rings is 1. The molecule has 0 aliphatic carbocycles. The Balaban J connectivity index is 2.20. The number of aromatic carboxylic acids is 1. The Kier molecular flexibility index (Phi) is 4.24. The Morgan fingerprint density at radius 2 is 2.00 bits per heavy atom. The van der Waals surface area contributed by atoms with E-state index in [0.717, 1.165) is 3.79 Å². The summed E-state index contributed by atoms with van der Waals surface area (Å²) in [6.07, 6.45) is 0. The van der Waals surface area contributed by atoms with E-state index in [1.807, 2.05) is 0 Å². The van der Waals surface area contributed by atoms with E-state index in [2.05, 4.69) is 21.2 Å². The van der Waals surface area contributed by atoms with Crippen LogP contribution in [0.25, 0.3) is 0 Å². The molecule has 0 saturated carbocycles. The second-order valence-electron chi connectivity index (χ2n) is 3.59. The molecule has 2 rings (SSSR count). The highest BCUT2D eigenvalue weighted by molar-refractivity contribution is 9.11. The number of benzene rings is 1. The minimum absolute atomic E-state index is 0.0706. The largest absolute Gasteiger partial charge is 0.478 e. The first-order chi connectivity index (χ1) is 8.97. The number of carboxylic acids is 1. The van der Waals surface area contributed by atoms with Crippen LogP contribution in [0.2, 0.25) is 5.02 Å². The molecular formula is C12H7BrClNO3S. The van der Waals surface area contributed by atoms with Gasteiger partial charge in [0, 0.05) is 5.38 Å². The van der Waals surface area contributed by atoms with E-state index in [0.29, 0.717) is 11.3 Å². The predicted molar refractivity (Wildman–Crippen MR) is 78.4 cm³/mol. The molecule has 0 spiro atoms. The fraction of sp³-hybridized carbons (Fsp3) is 0. The van der Waals surface area contributed by atoms with Gasteiger partial charge >= 0.3 is 5.97 Å². The first kappa shape index (κ1) is 14.0. The minimum atomic E-state index is -1.07. The van der Waals surface area contributed by atoms with Crippen LogP contribution in [0.15, 0.2) is 33.4 Å². The van der Waals surface area contributed by atoms with Crippen molar-refractivity contribution in [3.05, 3.63) is 49.6 Å². The number of carbonyl (C=O) groups is 2. The molecule has 2 N–H and O–H groups in total. The zero-order chi connectivity index (χ0) is 14.0. The molecule has 2 aromatic rings. The highest BCUT2D eigenvalue weighted by Crippen LogP contribution is 2.25. The average molecular weight is 361 g/mol. The van der Waals surface area contributed by atoms with Crippen LogP contribution in [0, 0.1) is 0 Å². The first-order valence-electron chi connectivity index (χ1n) is 5.05. The zero-order valence-electron chi connectivity index (χ0n) is 9.31. The zero-order valence-corrected chi connectivity index (χ0v) is 12.5. The quantitative estimate of drug-likeness (QED) is 0.865. The number of carboxylic acid groups (broad SMARTS) is 1. The number of rotatable bonds is 3. The van der Waals surface area contributed by atoms with E-state index in [9.17, 15) is 9.59 Å². The van der Waals surface area contributed by atoms with Gasteiger partial charge in [0.15, 0.2) is 0 Å². The summed E-state index contributed by atoms with van der Waals surface area (Å²) in [7, 11) is 0. The van der Waals surface area contributed by atoms with Crippen molar-refractivity contribution in [2.75, 3.05) is 5.32 Å². The Labute approximate surface area is 126 Å². The van der Waals surface area contributed by atoms with Crippen molar-refractivity contribution in [2.45, 2.75) is 0 Å². The van der Waals surface area contributed by atoms with Crippen molar-refractivity contribution in [3.8, 4) is 0 Å². The molecule has 19 heavy (non-hydrogen) atoms. The smallest absolute Gasteiger partial charge is 0.335 e. The van der Waals surface area contributed by atoms with Gasteiger partial charge in [0.05, 0.1) is 25.6 Å². The molecule has 0 saturated heterocycles. The predicted octanol–water partition coefficient (Wildman–Crippen LogP) is 4.11. The van der Waals surface area contributed by atoms with Crippen LogP contribution in [0.3, 0.4) is 0 Å². The third-order valence-electron chi connectivity index (χ3n) is 2.29. The number of hydrogen-bond acceptors (Lipinski definition) is 3. The van der Waals surface area contributed by atoms with Crippen molar-refractivity contribution in [2.24, 2.45) is 0 Å². The van der Waals surface area contributed by atoms with Crippen LogP contribution in [0.5, 0.6) is 0 Å². The summed E-state index contributed by atoms with van der Waals surface area (Å²) < 4.78 is 0.852. The molecule has 0 aliphatic rings. The van der Waals surface area contributed by atoms with Gasteiger partial charge in [-0.25, -0.2) is 4.79 Å². The summed E-state index contributed by atoms with van der Waals surface area (Å²) in [4.78, 5) is 22.7. The van der Waals surface area contributed by atoms with Gasteiger partial charge in [-0.2, -0.15) is 0 Å². The lowest BCUT2D eigenvalue weighted by molar-refractivity contribution is 0.0696. The van der Waals surface area contributed by atoms with Crippen LogP contribution in [0.1, 0.15) is 20.7 Å². The second-order valence-corrected chi connectivity index (χ2v) is 6.29. The van der Waals surface area contributed by atoms with Crippen molar-refractivity contribution >= 4 is 56.4 Å². The molecule has 1 aromatic heterocycles. The normalized spacial score (nSPS) is 10.2. The molecule has 0 bridgehead atoms. The maximum atomic E-state index is 11.9. The molecular weight excluding hydrogens is 354 g/mol. The molecule has 0 fully saturated rings. The molecule has 1 heterocycles. The molecule has 7 heteroatoms. The molecule has 98 valence electrons. The number of amides is 1. The molecule has 4 nitrogen and oxygen atoms in total. The van der Waals surface area contributed by atoms with E-state index in [-0.39, 0.29) is 16.5 Å². The minimum Gasteiger partial charge on any atom is -0.478 e. The summed E-state index contributed by atoms with van der Waals surface area (Å²) in [5, 5.41) is 13.3. The average Bonchev–Trinajstić information content (AvgIpc) is 2.78. The van der Waals surface area contributed by atoms with Crippen molar-refractivity contribution < 1.29 is 14.7 Å². The van der Waals surface area contributed by atoms with E-state index in [1.54, 1.807) is 11.4 Å². The van der Waals surface area contributed by atoms with Gasteiger partial charge in [0.25, 0.3) is 5.91 Å². The fourth-order valence-corrected chi connectivity index (χ4v) is 2.74. The third-order valence-corrected chi connectivity index (χ3v) is 4.11. The van der Waals surface area contributed by atoms with Crippen molar-refractivity contribution in [1.29, 1.82) is 0 Å². The van der Waals surface area contributed by atoms with Crippen LogP contribution in [-0.4, -0.2) is 17.0 Å². The monoisotopic (exact) mass is 359 g/mol. The first-order valence-corrected chi connectivity index (χ1v) is 7.10. The van der Waals surface area contributed by atoms with E-state index in [1.165, 1.54) is 29.5 Å². The molecule has 1 aromatic carbocycles. The Hall–Kier alpha value is -1.37. The van der Waals surface area contributed by atoms with Gasteiger partial charge < -0.3 is 10.4 Å². The van der Waals surface area contributed by atoms with Crippen LogP contribution in [-0.2, 0) is 0 Å². The standard InChI is InChI=1S/C12H7BrClNO3S/c13-10-4-7(5-19-10)11(16)15-9-2-1-6(12(17)18)3-8(9)14/h1-5H,(H,15,16)(H,17,18). The van der Waals surface area contributed by atoms with E-state index >= 15 is 0 Å². The Bertz CT molecular complexity index is 656. The summed E-state index contributed by atoms with van der Waals surface area (Å²) in [6.45, 7) is 0. The Morgan fingerprint density at radius 1 is 1.26 bits per heavy atom. The van der Waals surface area contributed by atoms with Gasteiger partial charge in [-0.15, -0.1) is 11.3 Å². The summed E-state index contributed by atoms with van der Waals surface area (Å²) in [6, 6.07) is 5.83. The highest BCUT2D eigenvalue weighted by Gasteiger charge is 2.12. The second kappa shape index (κ2) is 5.73. The van der Waals surface area contributed by atoms with Crippen molar-refractivity contribution in [1.82, 2.24) is 0 Å². The summed E-state index contributed by atoms with van der Waals surface area (Å²) >= 11 is 10.6. The topological polar surface area (TPSA) is 66.4 Å². The number of nitrogens with one attached hydrogen (secondary N) is 1. The molecule has 0 unspecified atom stereocenters. The maximum absolute atomic E-state index is 11.9. The number of hydrogen-bond donors (Lipinski definition) is 2. The van der Waals surface area contributed by atoms with Gasteiger partial charge in [-0.05, 0) is 40.2 Å². The molecule has 0 atom stereocenters. The lowest BCUT2D eigenvalue weighted by atomic mass is 10.2. The van der Waals surface area contributed by atoms with E-state index < -0.39 is 5.97 Å². The maximum Gasteiger partial charge on any atom is 0.335 e. The fourth-order valence-electron chi connectivity index (χ4n) is 1.37. The van der Waals surface area contributed by atoms with Gasteiger partial charge in [-0.3, -0.25) is 4.79 Å². The SMILES string of the molecule is O=C(O)c1ccc(NC(=O)c2csc(Br)c2)c(Cl)c1. The van der Waals surface area contributed by atoms with Crippen LogP contribution in [0.4, 0.5) is 5.69 Å². The van der Waals surface area contributed by atoms with Crippen LogP contribution < -0.4 is 5.32 Å². The van der Waals surface area contributed by atoms with Crippen molar-refractivity contribution in [3.63, 3.8) is 0 Å². The van der Waals surface area contributed by atoms with Crippen LogP contribution >= 0.6 is 38.9 Å².